The van der Waals surface area contributed by atoms with Crippen LogP contribution in [0.4, 0.5) is 10.5 Å². The Hall–Kier alpha value is -2.80. The molecule has 1 fully saturated rings. The average molecular weight is 402 g/mol. The third-order valence-corrected chi connectivity index (χ3v) is 5.27. The van der Waals surface area contributed by atoms with Crippen LogP contribution in [0.15, 0.2) is 24.3 Å². The molecule has 7 nitrogen and oxygen atoms in total. The molecule has 0 unspecified atom stereocenters. The maximum Gasteiger partial charge on any atom is 0.340 e. The van der Waals surface area contributed by atoms with Crippen molar-refractivity contribution >= 4 is 35.3 Å². The number of aromatic nitrogens is 2. The summed E-state index contributed by atoms with van der Waals surface area (Å²) >= 11 is 6.21. The number of nitrogens with one attached hydrogen (secondary N) is 1. The van der Waals surface area contributed by atoms with E-state index in [0.717, 1.165) is 28.9 Å². The number of carbonyl (C=O) groups is 2. The third-order valence-electron chi connectivity index (χ3n) is 4.82. The molecule has 2 heterocycles. The van der Waals surface area contributed by atoms with E-state index in [2.05, 4.69) is 10.4 Å². The molecule has 1 aromatic heterocycles. The highest BCUT2D eigenvalue weighted by atomic mass is 35.5. The van der Waals surface area contributed by atoms with E-state index in [1.165, 1.54) is 16.1 Å². The predicted molar refractivity (Wildman–Crippen MR) is 110 cm³/mol. The third kappa shape index (κ3) is 3.89. The summed E-state index contributed by atoms with van der Waals surface area (Å²) in [5, 5.41) is 10.5. The zero-order valence-electron chi connectivity index (χ0n) is 16.5. The lowest BCUT2D eigenvalue weighted by Crippen LogP contribution is -2.46. The van der Waals surface area contributed by atoms with Gasteiger partial charge in [0.2, 0.25) is 0 Å². The SMILES string of the molecule is Cc1cccc(C)c1NC(=O)N1CCCN1C(=O)C=Cc1c(C)nn(C)c1Cl. The van der Waals surface area contributed by atoms with Gasteiger partial charge in [0.15, 0.2) is 0 Å². The molecule has 8 heteroatoms. The van der Waals surface area contributed by atoms with E-state index >= 15 is 0 Å². The van der Waals surface area contributed by atoms with Crippen LogP contribution in [0.5, 0.6) is 0 Å². The summed E-state index contributed by atoms with van der Waals surface area (Å²) in [7, 11) is 1.74. The quantitative estimate of drug-likeness (QED) is 0.797. The standard InChI is InChI=1S/C20H24ClN5O2/c1-13-7-5-8-14(2)18(13)22-20(28)26-12-6-11-25(26)17(27)10-9-16-15(3)23-24(4)19(16)21/h5,7-10H,6,11-12H2,1-4H3,(H,22,28). The lowest BCUT2D eigenvalue weighted by atomic mass is 10.1. The predicted octanol–water partition coefficient (Wildman–Crippen LogP) is 3.69. The normalized spacial score (nSPS) is 14.2. The molecule has 3 amide bonds. The molecule has 0 saturated carbocycles. The molecule has 1 aliphatic heterocycles. The van der Waals surface area contributed by atoms with Crippen molar-refractivity contribution in [1.29, 1.82) is 0 Å². The van der Waals surface area contributed by atoms with E-state index in [1.807, 2.05) is 39.0 Å². The number of carbonyl (C=O) groups excluding carboxylic acids is 2. The molecule has 1 aliphatic rings. The number of hydrogen-bond donors (Lipinski definition) is 1. The minimum absolute atomic E-state index is 0.270. The molecular weight excluding hydrogens is 378 g/mol. The molecule has 1 N–H and O–H groups in total. The second-order valence-electron chi connectivity index (χ2n) is 6.88. The number of rotatable bonds is 3. The largest absolute Gasteiger partial charge is 0.340 e. The van der Waals surface area contributed by atoms with Gasteiger partial charge in [0.05, 0.1) is 5.69 Å². The Balaban J connectivity index is 1.74. The molecule has 0 atom stereocenters. The van der Waals surface area contributed by atoms with Gasteiger partial charge < -0.3 is 5.32 Å². The van der Waals surface area contributed by atoms with Crippen molar-refractivity contribution in [2.75, 3.05) is 18.4 Å². The first-order valence-corrected chi connectivity index (χ1v) is 9.50. The summed E-state index contributed by atoms with van der Waals surface area (Å²) in [6.45, 7) is 6.69. The summed E-state index contributed by atoms with van der Waals surface area (Å²) < 4.78 is 1.56. The van der Waals surface area contributed by atoms with Gasteiger partial charge in [-0.3, -0.25) is 9.48 Å². The van der Waals surface area contributed by atoms with Crippen molar-refractivity contribution in [3.05, 3.63) is 51.8 Å². The molecule has 3 rings (SSSR count). The first-order valence-electron chi connectivity index (χ1n) is 9.13. The lowest BCUT2D eigenvalue weighted by molar-refractivity contribution is -0.134. The highest BCUT2D eigenvalue weighted by Gasteiger charge is 2.30. The summed E-state index contributed by atoms with van der Waals surface area (Å²) in [6, 6.07) is 5.52. The number of benzene rings is 1. The highest BCUT2D eigenvalue weighted by molar-refractivity contribution is 6.31. The van der Waals surface area contributed by atoms with Gasteiger partial charge in [-0.05, 0) is 44.4 Å². The monoisotopic (exact) mass is 401 g/mol. The fourth-order valence-corrected chi connectivity index (χ4v) is 3.55. The summed E-state index contributed by atoms with van der Waals surface area (Å²) in [5.74, 6) is -0.270. The van der Waals surface area contributed by atoms with Crippen LogP contribution in [0.25, 0.3) is 6.08 Å². The Kier molecular flexibility index (Phi) is 5.74. The Morgan fingerprint density at radius 3 is 2.39 bits per heavy atom. The number of aryl methyl sites for hydroxylation is 4. The van der Waals surface area contributed by atoms with E-state index in [9.17, 15) is 9.59 Å². The maximum atomic E-state index is 12.8. The van der Waals surface area contributed by atoms with Crippen LogP contribution >= 0.6 is 11.6 Å². The van der Waals surface area contributed by atoms with Gasteiger partial charge in [-0.25, -0.2) is 14.8 Å². The number of urea groups is 1. The van der Waals surface area contributed by atoms with Gasteiger partial charge in [0, 0.05) is 37.5 Å². The smallest absolute Gasteiger partial charge is 0.306 e. The van der Waals surface area contributed by atoms with Crippen LogP contribution < -0.4 is 5.32 Å². The Morgan fingerprint density at radius 2 is 1.79 bits per heavy atom. The van der Waals surface area contributed by atoms with Crippen LogP contribution in [0.1, 0.15) is 28.8 Å². The van der Waals surface area contributed by atoms with Crippen LogP contribution in [-0.2, 0) is 11.8 Å². The Morgan fingerprint density at radius 1 is 1.14 bits per heavy atom. The number of hydrazine groups is 1. The fraction of sp³-hybridized carbons (Fsp3) is 0.350. The van der Waals surface area contributed by atoms with Crippen LogP contribution in [0.2, 0.25) is 5.15 Å². The van der Waals surface area contributed by atoms with E-state index in [4.69, 9.17) is 11.6 Å². The Labute approximate surface area is 169 Å². The van der Waals surface area contributed by atoms with Crippen molar-refractivity contribution in [3.8, 4) is 0 Å². The zero-order chi connectivity index (χ0) is 20.4. The zero-order valence-corrected chi connectivity index (χ0v) is 17.2. The van der Waals surface area contributed by atoms with Crippen molar-refractivity contribution in [2.24, 2.45) is 7.05 Å². The molecular formula is C20H24ClN5O2. The van der Waals surface area contributed by atoms with Crippen LogP contribution in [-0.4, -0.2) is 44.8 Å². The summed E-state index contributed by atoms with van der Waals surface area (Å²) in [5.41, 5.74) is 4.17. The molecule has 1 aromatic carbocycles. The number of hydrogen-bond acceptors (Lipinski definition) is 3. The van der Waals surface area contributed by atoms with Gasteiger partial charge in [-0.15, -0.1) is 0 Å². The topological polar surface area (TPSA) is 70.5 Å². The number of amides is 3. The van der Waals surface area contributed by atoms with Gasteiger partial charge in [0.25, 0.3) is 5.91 Å². The maximum absolute atomic E-state index is 12.8. The lowest BCUT2D eigenvalue weighted by Gasteiger charge is -2.27. The van der Waals surface area contributed by atoms with Crippen molar-refractivity contribution in [2.45, 2.75) is 27.2 Å². The fourth-order valence-electron chi connectivity index (χ4n) is 3.31. The average Bonchev–Trinajstić information content (AvgIpc) is 3.22. The molecule has 0 radical (unpaired) electrons. The van der Waals surface area contributed by atoms with E-state index < -0.39 is 0 Å². The molecule has 1 saturated heterocycles. The first kappa shape index (κ1) is 19.9. The van der Waals surface area contributed by atoms with Gasteiger partial charge >= 0.3 is 6.03 Å². The molecule has 0 aliphatic carbocycles. The second-order valence-corrected chi connectivity index (χ2v) is 7.24. The first-order chi connectivity index (χ1) is 13.3. The highest BCUT2D eigenvalue weighted by Crippen LogP contribution is 2.23. The number of anilines is 1. The molecule has 0 bridgehead atoms. The van der Waals surface area contributed by atoms with Crippen LogP contribution in [0.3, 0.4) is 0 Å². The second kappa shape index (κ2) is 8.06. The summed E-state index contributed by atoms with van der Waals surface area (Å²) in [4.78, 5) is 25.5. The number of nitrogens with zero attached hydrogens (tertiary/aromatic N) is 4. The molecule has 28 heavy (non-hydrogen) atoms. The van der Waals surface area contributed by atoms with Crippen molar-refractivity contribution in [3.63, 3.8) is 0 Å². The van der Waals surface area contributed by atoms with Crippen molar-refractivity contribution < 1.29 is 9.59 Å². The summed E-state index contributed by atoms with van der Waals surface area (Å²) in [6.07, 6.45) is 3.81. The number of halogens is 1. The minimum atomic E-state index is -0.313. The van der Waals surface area contributed by atoms with Gasteiger partial charge in [-0.1, -0.05) is 29.8 Å². The molecule has 148 valence electrons. The molecule has 2 aromatic rings. The Bertz CT molecular complexity index is 930. The van der Waals surface area contributed by atoms with E-state index in [-0.39, 0.29) is 11.9 Å². The van der Waals surface area contributed by atoms with E-state index in [1.54, 1.807) is 17.8 Å². The molecule has 0 spiro atoms. The van der Waals surface area contributed by atoms with Gasteiger partial charge in [0.1, 0.15) is 5.15 Å². The number of para-hydroxylation sites is 1. The van der Waals surface area contributed by atoms with Gasteiger partial charge in [-0.2, -0.15) is 5.10 Å². The minimum Gasteiger partial charge on any atom is -0.306 e. The van der Waals surface area contributed by atoms with Crippen LogP contribution in [0, 0.1) is 20.8 Å². The van der Waals surface area contributed by atoms with E-state index in [0.29, 0.717) is 23.8 Å². The van der Waals surface area contributed by atoms with Crippen molar-refractivity contribution in [1.82, 2.24) is 19.8 Å².